The lowest BCUT2D eigenvalue weighted by molar-refractivity contribution is -0.107. The number of ether oxygens (including phenoxy) is 1. The van der Waals surface area contributed by atoms with E-state index in [0.29, 0.717) is 43.8 Å². The zero-order valence-electron chi connectivity index (χ0n) is 24.7. The van der Waals surface area contributed by atoms with Crippen LogP contribution in [0.2, 0.25) is 0 Å². The third kappa shape index (κ3) is 7.76. The molecule has 5 aromatic rings. The third-order valence-corrected chi connectivity index (χ3v) is 7.34. The number of nitrogens with one attached hydrogen (secondary N) is 2. The molecule has 0 radical (unpaired) electrons. The van der Waals surface area contributed by atoms with E-state index in [4.69, 9.17) is 4.74 Å². The van der Waals surface area contributed by atoms with Gasteiger partial charge in [0.15, 0.2) is 0 Å². The van der Waals surface area contributed by atoms with Crippen molar-refractivity contribution in [3.8, 4) is 22.6 Å². The highest BCUT2D eigenvalue weighted by atomic mass is 16.5. The van der Waals surface area contributed by atoms with Crippen LogP contribution in [0.1, 0.15) is 24.2 Å². The molecule has 1 amide bonds. The molecule has 0 heterocycles. The molecule has 0 spiro atoms. The Morgan fingerprint density at radius 2 is 1.52 bits per heavy atom. The summed E-state index contributed by atoms with van der Waals surface area (Å²) >= 11 is 0. The Kier molecular flexibility index (Phi) is 10.1. The molecule has 0 bridgehead atoms. The average Bonchev–Trinajstić information content (AvgIpc) is 3.07. The summed E-state index contributed by atoms with van der Waals surface area (Å²) in [6.07, 6.45) is 0.476. The summed E-state index contributed by atoms with van der Waals surface area (Å²) in [5, 5.41) is 27.9. The molecular weight excluding hydrogens is 550 g/mol. The SMILES string of the molecule is CCOc1ccc(Nc2ccc(CCN(C=O)c3cc([C@@H](O)CNc4ccccc4)ccc3O)cc2)cc1-c1ccccc1. The van der Waals surface area contributed by atoms with E-state index in [2.05, 4.69) is 28.8 Å². The van der Waals surface area contributed by atoms with Crippen molar-refractivity contribution in [3.63, 3.8) is 0 Å². The van der Waals surface area contributed by atoms with Crippen LogP contribution in [0.4, 0.5) is 22.7 Å². The van der Waals surface area contributed by atoms with E-state index in [1.165, 1.54) is 11.0 Å². The van der Waals surface area contributed by atoms with Gasteiger partial charge in [-0.3, -0.25) is 4.79 Å². The molecule has 5 rings (SSSR count). The van der Waals surface area contributed by atoms with Crippen LogP contribution in [0.25, 0.3) is 11.1 Å². The molecule has 44 heavy (non-hydrogen) atoms. The smallest absolute Gasteiger partial charge is 0.214 e. The van der Waals surface area contributed by atoms with Crippen LogP contribution in [-0.2, 0) is 11.2 Å². The summed E-state index contributed by atoms with van der Waals surface area (Å²) in [7, 11) is 0. The zero-order valence-corrected chi connectivity index (χ0v) is 24.7. The number of rotatable bonds is 14. The number of nitrogens with zero attached hydrogens (tertiary/aromatic N) is 1. The minimum atomic E-state index is -0.817. The fourth-order valence-electron chi connectivity index (χ4n) is 5.00. The van der Waals surface area contributed by atoms with E-state index in [-0.39, 0.29) is 5.75 Å². The lowest BCUT2D eigenvalue weighted by Crippen LogP contribution is -2.24. The number of amides is 1. The first-order chi connectivity index (χ1) is 21.5. The normalized spacial score (nSPS) is 11.4. The molecule has 0 aliphatic rings. The van der Waals surface area contributed by atoms with Crippen molar-refractivity contribution in [1.29, 1.82) is 0 Å². The number of anilines is 4. The Morgan fingerprint density at radius 3 is 2.23 bits per heavy atom. The van der Waals surface area contributed by atoms with Gasteiger partial charge in [-0.1, -0.05) is 66.7 Å². The number of phenols is 1. The third-order valence-electron chi connectivity index (χ3n) is 7.34. The molecule has 0 saturated heterocycles. The number of para-hydroxylation sites is 1. The average molecular weight is 588 g/mol. The highest BCUT2D eigenvalue weighted by Gasteiger charge is 2.15. The predicted octanol–water partition coefficient (Wildman–Crippen LogP) is 7.55. The lowest BCUT2D eigenvalue weighted by atomic mass is 10.0. The summed E-state index contributed by atoms with van der Waals surface area (Å²) in [4.78, 5) is 13.5. The van der Waals surface area contributed by atoms with Crippen LogP contribution in [0, 0.1) is 0 Å². The largest absolute Gasteiger partial charge is 0.506 e. The van der Waals surface area contributed by atoms with Crippen LogP contribution >= 0.6 is 0 Å². The van der Waals surface area contributed by atoms with E-state index in [0.717, 1.165) is 39.5 Å². The number of carbonyl (C=O) groups is 1. The van der Waals surface area contributed by atoms with Gasteiger partial charge in [0.05, 0.1) is 18.4 Å². The molecule has 0 saturated carbocycles. The first-order valence-electron chi connectivity index (χ1n) is 14.7. The van der Waals surface area contributed by atoms with Crippen molar-refractivity contribution < 1.29 is 19.7 Å². The number of aliphatic hydroxyl groups is 1. The number of carbonyl (C=O) groups excluding carboxylic acids is 1. The van der Waals surface area contributed by atoms with Crippen molar-refractivity contribution in [2.45, 2.75) is 19.4 Å². The molecule has 0 unspecified atom stereocenters. The summed E-state index contributed by atoms with van der Waals surface area (Å²) in [6.45, 7) is 3.23. The van der Waals surface area contributed by atoms with Crippen molar-refractivity contribution in [1.82, 2.24) is 0 Å². The lowest BCUT2D eigenvalue weighted by Gasteiger charge is -2.21. The monoisotopic (exact) mass is 587 g/mol. The molecule has 1 atom stereocenters. The Bertz CT molecular complexity index is 1640. The van der Waals surface area contributed by atoms with Gasteiger partial charge in [0.1, 0.15) is 11.5 Å². The molecule has 0 fully saturated rings. The van der Waals surface area contributed by atoms with Gasteiger partial charge in [-0.2, -0.15) is 0 Å². The quantitative estimate of drug-likeness (QED) is 0.100. The van der Waals surface area contributed by atoms with E-state index in [1.54, 1.807) is 12.1 Å². The van der Waals surface area contributed by atoms with Gasteiger partial charge in [0.2, 0.25) is 6.41 Å². The van der Waals surface area contributed by atoms with Gasteiger partial charge < -0.3 is 30.5 Å². The van der Waals surface area contributed by atoms with E-state index >= 15 is 0 Å². The van der Waals surface area contributed by atoms with Crippen LogP contribution in [-0.4, -0.2) is 36.3 Å². The summed E-state index contributed by atoms with van der Waals surface area (Å²) in [5.74, 6) is 0.822. The number of aliphatic hydroxyl groups excluding tert-OH is 1. The minimum Gasteiger partial charge on any atom is -0.506 e. The maximum Gasteiger partial charge on any atom is 0.214 e. The summed E-state index contributed by atoms with van der Waals surface area (Å²) in [5.41, 5.74) is 6.91. The topological polar surface area (TPSA) is 94.1 Å². The number of benzene rings is 5. The van der Waals surface area contributed by atoms with Crippen molar-refractivity contribution in [2.75, 3.05) is 35.2 Å². The fourth-order valence-corrected chi connectivity index (χ4v) is 5.00. The maximum atomic E-state index is 12.0. The van der Waals surface area contributed by atoms with Gasteiger partial charge in [-0.05, 0) is 84.6 Å². The Morgan fingerprint density at radius 1 is 0.818 bits per heavy atom. The molecule has 4 N–H and O–H groups in total. The number of aromatic hydroxyl groups is 1. The summed E-state index contributed by atoms with van der Waals surface area (Å²) in [6, 6.07) is 38.8. The van der Waals surface area contributed by atoms with Gasteiger partial charge in [-0.25, -0.2) is 0 Å². The van der Waals surface area contributed by atoms with Crippen molar-refractivity contribution in [3.05, 3.63) is 132 Å². The fraction of sp³-hybridized carbons (Fsp3) is 0.162. The van der Waals surface area contributed by atoms with Crippen LogP contribution in [0.5, 0.6) is 11.5 Å². The Balaban J connectivity index is 1.22. The van der Waals surface area contributed by atoms with E-state index < -0.39 is 6.10 Å². The van der Waals surface area contributed by atoms with E-state index in [9.17, 15) is 15.0 Å². The zero-order chi connectivity index (χ0) is 30.7. The second kappa shape index (κ2) is 14.8. The van der Waals surface area contributed by atoms with Crippen LogP contribution in [0.15, 0.2) is 121 Å². The van der Waals surface area contributed by atoms with E-state index in [1.807, 2.05) is 91.9 Å². The second-order valence-corrected chi connectivity index (χ2v) is 10.4. The van der Waals surface area contributed by atoms with Gasteiger partial charge in [-0.15, -0.1) is 0 Å². The molecule has 224 valence electrons. The number of phenolic OH excluding ortho intramolecular Hbond substituents is 1. The Labute approximate surface area is 258 Å². The number of hydrogen-bond donors (Lipinski definition) is 4. The molecule has 0 aliphatic carbocycles. The second-order valence-electron chi connectivity index (χ2n) is 10.4. The first-order valence-corrected chi connectivity index (χ1v) is 14.7. The molecule has 0 aromatic heterocycles. The van der Waals surface area contributed by atoms with Crippen LogP contribution in [0.3, 0.4) is 0 Å². The van der Waals surface area contributed by atoms with Crippen molar-refractivity contribution in [2.24, 2.45) is 0 Å². The highest BCUT2D eigenvalue weighted by Crippen LogP contribution is 2.34. The predicted molar refractivity (Wildman–Crippen MR) is 178 cm³/mol. The minimum absolute atomic E-state index is 0.0196. The van der Waals surface area contributed by atoms with Crippen LogP contribution < -0.4 is 20.3 Å². The molecule has 7 heteroatoms. The molecule has 0 aliphatic heterocycles. The molecular formula is C37H37N3O4. The number of hydrogen-bond acceptors (Lipinski definition) is 6. The highest BCUT2D eigenvalue weighted by molar-refractivity contribution is 5.79. The maximum absolute atomic E-state index is 12.0. The first kappa shape index (κ1) is 30.2. The van der Waals surface area contributed by atoms with Crippen molar-refractivity contribution >= 4 is 29.2 Å². The standard InChI is InChI=1S/C37H37N3O4/c1-2-44-37-20-18-32(24-33(37)28-9-5-3-6-10-28)39-31-16-13-27(14-17-31)21-22-40(26-41)34-23-29(15-19-35(34)42)36(43)25-38-30-11-7-4-8-12-30/h3-20,23-24,26,36,38-39,42-43H,2,21-22,25H2,1H3/t36-/m0/s1. The summed E-state index contributed by atoms with van der Waals surface area (Å²) < 4.78 is 5.87. The Hall–Kier alpha value is -5.27. The van der Waals surface area contributed by atoms with Gasteiger partial charge >= 0.3 is 0 Å². The molecule has 7 nitrogen and oxygen atoms in total. The van der Waals surface area contributed by atoms with Gasteiger partial charge in [0.25, 0.3) is 0 Å². The van der Waals surface area contributed by atoms with Gasteiger partial charge in [0, 0.05) is 35.7 Å². The molecule has 5 aromatic carbocycles.